The molecule has 2 aliphatic rings. The summed E-state index contributed by atoms with van der Waals surface area (Å²) in [5.41, 5.74) is 12.7. The molecule has 27 heteroatoms. The Morgan fingerprint density at radius 2 is 1.34 bits per heavy atom. The highest BCUT2D eigenvalue weighted by atomic mass is 16.3. The molecule has 4 aromatic rings. The number of fused-ring (bicyclic) bond motifs is 1. The first-order valence-electron chi connectivity index (χ1n) is 30.3. The molecular weight excluding hydrogens is 1150 g/mol. The molecule has 15 N–H and O–H groups in total. The van der Waals surface area contributed by atoms with Crippen LogP contribution >= 0.6 is 0 Å². The van der Waals surface area contributed by atoms with Gasteiger partial charge in [-0.25, -0.2) is 4.98 Å². The van der Waals surface area contributed by atoms with Crippen LogP contribution in [-0.4, -0.2) is 183 Å². The Labute approximate surface area is 517 Å². The van der Waals surface area contributed by atoms with Crippen LogP contribution in [0.1, 0.15) is 103 Å². The van der Waals surface area contributed by atoms with E-state index in [2.05, 4.69) is 57.5 Å². The van der Waals surface area contributed by atoms with Gasteiger partial charge in [-0.15, -0.1) is 0 Å². The van der Waals surface area contributed by atoms with Gasteiger partial charge in [0.2, 0.25) is 59.1 Å². The number of imidazole rings is 1. The van der Waals surface area contributed by atoms with E-state index in [0.717, 1.165) is 15.7 Å². The SMILES string of the molecule is CCNC(=O)[C@@H]1CCCN1C(=O)[C@H](CCCN=C(N)N)NC(=O)[C@H](CC(C)C)NC(=O)[C@@H](CC(C)C)NC(=O)[C@H](Cc1ccc(O)cc1)NC(=O)[C@H](CO)N(C)C(=O)[C@H](Cc1cccc2ccccc12)NC(=O)[C@H](Cc1cnc[nH]1)NC(=O)[C@@H]1CCC(=O)N1. The summed E-state index contributed by atoms with van der Waals surface area (Å²) in [6, 6.07) is 7.28. The zero-order valence-electron chi connectivity index (χ0n) is 51.4. The maximum atomic E-state index is 15.0. The number of phenolic OH excluding ortho intramolecular Hbond substituents is 1. The number of carbonyl (C=O) groups is 10. The number of hydrogen-bond acceptors (Lipinski definition) is 14. The van der Waals surface area contributed by atoms with Crippen LogP contribution < -0.4 is 54.0 Å². The van der Waals surface area contributed by atoms with Gasteiger partial charge in [0.1, 0.15) is 60.1 Å². The lowest BCUT2D eigenvalue weighted by Gasteiger charge is -2.32. The van der Waals surface area contributed by atoms with Crippen LogP contribution in [0, 0.1) is 11.8 Å². The minimum Gasteiger partial charge on any atom is -0.508 e. The number of likely N-dealkylation sites (tertiary alicyclic amines) is 1. The number of carbonyl (C=O) groups excluding carboxylic acids is 10. The molecule has 0 spiro atoms. The van der Waals surface area contributed by atoms with Crippen molar-refractivity contribution in [1.29, 1.82) is 0 Å². The van der Waals surface area contributed by atoms with Gasteiger partial charge in [-0.1, -0.05) is 82.3 Å². The van der Waals surface area contributed by atoms with E-state index in [4.69, 9.17) is 11.5 Å². The molecule has 0 saturated carbocycles. The Morgan fingerprint density at radius 1 is 0.730 bits per heavy atom. The third kappa shape index (κ3) is 20.2. The fourth-order valence-corrected chi connectivity index (χ4v) is 11.0. The van der Waals surface area contributed by atoms with Gasteiger partial charge in [0, 0.05) is 64.3 Å². The van der Waals surface area contributed by atoms with Crippen molar-refractivity contribution in [2.75, 3.05) is 33.3 Å². The lowest BCUT2D eigenvalue weighted by Crippen LogP contribution is -2.61. The zero-order chi connectivity index (χ0) is 64.9. The van der Waals surface area contributed by atoms with Crippen LogP contribution in [0.5, 0.6) is 5.75 Å². The smallest absolute Gasteiger partial charge is 0.245 e. The number of likely N-dealkylation sites (N-methyl/N-ethyl adjacent to an activating group) is 2. The van der Waals surface area contributed by atoms with Crippen molar-refractivity contribution in [1.82, 2.24) is 62.3 Å². The van der Waals surface area contributed by atoms with Crippen molar-refractivity contribution >= 4 is 75.8 Å². The standard InChI is InChI=1S/C62H87N15O12/c1-7-66-58(86)50-18-12-26-77(50)61(89)44(17-11-25-67-62(63)64)70-54(82)45(27-35(2)3)71-55(83)46(28-36(4)5)72-56(84)47(29-37-19-21-41(79)22-20-37)74-59(87)51(33-78)76(6)60(88)49(30-39-15-10-14-38-13-8-9-16-42(38)39)75-57(85)48(31-40-32-65-34-68-40)73-53(81)43-23-24-52(80)69-43/h8-10,13-16,19-22,32,34-36,43-51,78-79H,7,11-12,17-18,23-31,33H2,1-6H3,(H,65,68)(H,66,86)(H,69,80)(H,70,82)(H,71,83)(H,72,84)(H,73,81)(H,74,87)(H,75,85)(H4,63,64,67)/t43-,44-,45-,46+,47-,48-,49-,50-,51-/m0/s1. The van der Waals surface area contributed by atoms with E-state index >= 15 is 4.79 Å². The highest BCUT2D eigenvalue weighted by molar-refractivity contribution is 5.99. The maximum absolute atomic E-state index is 15.0. The molecule has 2 aliphatic heterocycles. The second-order valence-electron chi connectivity index (χ2n) is 23.5. The fourth-order valence-electron chi connectivity index (χ4n) is 11.0. The predicted molar refractivity (Wildman–Crippen MR) is 330 cm³/mol. The van der Waals surface area contributed by atoms with Gasteiger partial charge in [-0.3, -0.25) is 52.9 Å². The second-order valence-corrected chi connectivity index (χ2v) is 23.5. The molecule has 2 fully saturated rings. The lowest BCUT2D eigenvalue weighted by molar-refractivity contribution is -0.144. The van der Waals surface area contributed by atoms with Crippen LogP contribution in [-0.2, 0) is 67.2 Å². The number of aliphatic imine (C=N–C) groups is 1. The van der Waals surface area contributed by atoms with Crippen molar-refractivity contribution in [2.45, 2.75) is 160 Å². The number of hydrogen-bond donors (Lipinski definition) is 13. The number of aromatic nitrogens is 2. The van der Waals surface area contributed by atoms with Gasteiger partial charge in [-0.05, 0) is 97.7 Å². The van der Waals surface area contributed by atoms with Crippen LogP contribution in [0.2, 0.25) is 0 Å². The van der Waals surface area contributed by atoms with E-state index in [1.54, 1.807) is 19.1 Å². The summed E-state index contributed by atoms with van der Waals surface area (Å²) >= 11 is 0. The number of aliphatic hydroxyl groups excluding tert-OH is 1. The van der Waals surface area contributed by atoms with Gasteiger partial charge >= 0.3 is 0 Å². The number of phenols is 1. The van der Waals surface area contributed by atoms with E-state index < -0.39 is 108 Å². The molecule has 0 unspecified atom stereocenters. The zero-order valence-corrected chi connectivity index (χ0v) is 51.4. The van der Waals surface area contributed by atoms with E-state index in [0.29, 0.717) is 36.2 Å². The fraction of sp³-hybridized carbons (Fsp3) is 0.516. The molecule has 9 atom stereocenters. The summed E-state index contributed by atoms with van der Waals surface area (Å²) in [5, 5.41) is 44.7. The number of rotatable bonds is 32. The Bertz CT molecular complexity index is 3130. The maximum Gasteiger partial charge on any atom is 0.245 e. The number of guanidine groups is 1. The third-order valence-corrected chi connectivity index (χ3v) is 15.6. The highest BCUT2D eigenvalue weighted by Gasteiger charge is 2.41. The third-order valence-electron chi connectivity index (χ3n) is 15.6. The van der Waals surface area contributed by atoms with Crippen LogP contribution in [0.15, 0.2) is 84.2 Å². The molecular formula is C62H87N15O12. The monoisotopic (exact) mass is 1230 g/mol. The molecule has 3 heterocycles. The van der Waals surface area contributed by atoms with Crippen LogP contribution in [0.25, 0.3) is 10.8 Å². The number of nitrogens with one attached hydrogen (secondary N) is 9. The topological polar surface area (TPSA) is 407 Å². The van der Waals surface area contributed by atoms with E-state index in [-0.39, 0.29) is 106 Å². The number of H-pyrrole nitrogens is 1. The Balaban J connectivity index is 1.25. The summed E-state index contributed by atoms with van der Waals surface area (Å²) in [4.78, 5) is 154. The minimum atomic E-state index is -1.70. The van der Waals surface area contributed by atoms with E-state index in [9.17, 15) is 53.4 Å². The number of nitrogens with zero attached hydrogens (tertiary/aromatic N) is 4. The molecule has 482 valence electrons. The average Bonchev–Trinajstić information content (AvgIpc) is 4.02. The Kier molecular flexibility index (Phi) is 25.8. The second kappa shape index (κ2) is 33.3. The first kappa shape index (κ1) is 69.0. The summed E-state index contributed by atoms with van der Waals surface area (Å²) in [6.07, 6.45) is 4.21. The van der Waals surface area contributed by atoms with Crippen molar-refractivity contribution in [3.8, 4) is 5.75 Å². The molecule has 3 aromatic carbocycles. The number of nitrogens with two attached hydrogens (primary N) is 2. The van der Waals surface area contributed by atoms with Gasteiger partial charge in [0.05, 0.1) is 12.9 Å². The lowest BCUT2D eigenvalue weighted by atomic mass is 9.97. The predicted octanol–water partition coefficient (Wildman–Crippen LogP) is -0.424. The summed E-state index contributed by atoms with van der Waals surface area (Å²) in [7, 11) is 1.25. The molecule has 0 bridgehead atoms. The van der Waals surface area contributed by atoms with Crippen molar-refractivity contribution < 1.29 is 58.2 Å². The van der Waals surface area contributed by atoms with Gasteiger partial charge in [-0.2, -0.15) is 0 Å². The Morgan fingerprint density at radius 3 is 1.93 bits per heavy atom. The summed E-state index contributed by atoms with van der Waals surface area (Å²) in [6.45, 7) is 8.87. The van der Waals surface area contributed by atoms with E-state index in [1.165, 1.54) is 48.7 Å². The molecule has 0 radical (unpaired) electrons. The number of aliphatic hydroxyl groups is 1. The first-order valence-corrected chi connectivity index (χ1v) is 30.3. The summed E-state index contributed by atoms with van der Waals surface area (Å²) in [5.74, 6) is -7.38. The van der Waals surface area contributed by atoms with Crippen molar-refractivity contribution in [3.63, 3.8) is 0 Å². The van der Waals surface area contributed by atoms with Gasteiger partial charge in [0.15, 0.2) is 5.96 Å². The van der Waals surface area contributed by atoms with Gasteiger partial charge < -0.3 is 79.0 Å². The number of amides is 10. The van der Waals surface area contributed by atoms with Crippen molar-refractivity contribution in [3.05, 3.63) is 96.1 Å². The number of aromatic amines is 1. The molecule has 89 heavy (non-hydrogen) atoms. The minimum absolute atomic E-state index is 0.0411. The number of aromatic hydroxyl groups is 1. The quantitative estimate of drug-likeness (QED) is 0.0168. The molecule has 6 rings (SSSR count). The van der Waals surface area contributed by atoms with Crippen LogP contribution in [0.3, 0.4) is 0 Å². The molecule has 27 nitrogen and oxygen atoms in total. The largest absolute Gasteiger partial charge is 0.508 e. The van der Waals surface area contributed by atoms with Gasteiger partial charge in [0.25, 0.3) is 0 Å². The average molecular weight is 1230 g/mol. The van der Waals surface area contributed by atoms with Crippen LogP contribution in [0.4, 0.5) is 0 Å². The molecule has 10 amide bonds. The van der Waals surface area contributed by atoms with E-state index in [1.807, 2.05) is 58.0 Å². The normalized spacial score (nSPS) is 17.0. The molecule has 1 aromatic heterocycles. The summed E-state index contributed by atoms with van der Waals surface area (Å²) < 4.78 is 0. The number of benzene rings is 3. The molecule has 0 aliphatic carbocycles. The molecule has 2 saturated heterocycles. The Hall–Kier alpha value is -9.14. The first-order chi connectivity index (χ1) is 42.5. The highest BCUT2D eigenvalue weighted by Crippen LogP contribution is 2.23. The van der Waals surface area contributed by atoms with Crippen molar-refractivity contribution in [2.24, 2.45) is 28.3 Å².